The van der Waals surface area contributed by atoms with E-state index in [1.165, 1.54) is 19.3 Å². The van der Waals surface area contributed by atoms with Crippen LogP contribution in [0.25, 0.3) is 0 Å². The van der Waals surface area contributed by atoms with Gasteiger partial charge in [-0.15, -0.1) is 0 Å². The molecule has 18 heavy (non-hydrogen) atoms. The molecular formula is C13H28N2O3. The van der Waals surface area contributed by atoms with Crippen LogP contribution < -0.4 is 5.32 Å². The zero-order valence-electron chi connectivity index (χ0n) is 11.7. The maximum Gasteiger partial charge on any atom is 0.0900 e. The Morgan fingerprint density at radius 1 is 1.39 bits per heavy atom. The summed E-state index contributed by atoms with van der Waals surface area (Å²) in [4.78, 5) is 2.17. The highest BCUT2D eigenvalue weighted by molar-refractivity contribution is 4.75. The van der Waals surface area contributed by atoms with Gasteiger partial charge in [0, 0.05) is 26.2 Å². The van der Waals surface area contributed by atoms with E-state index in [-0.39, 0.29) is 0 Å². The van der Waals surface area contributed by atoms with Crippen molar-refractivity contribution in [1.82, 2.24) is 10.2 Å². The number of nitrogens with one attached hydrogen (secondary N) is 1. The van der Waals surface area contributed by atoms with Gasteiger partial charge in [-0.2, -0.15) is 0 Å². The number of ether oxygens (including phenoxy) is 2. The average Bonchev–Trinajstić information content (AvgIpc) is 2.35. The number of methoxy groups -OCH3 is 1. The molecule has 5 heteroatoms. The largest absolute Gasteiger partial charge is 0.389 e. The van der Waals surface area contributed by atoms with Gasteiger partial charge in [0.1, 0.15) is 0 Å². The summed E-state index contributed by atoms with van der Waals surface area (Å²) in [6, 6.07) is 0.574. The van der Waals surface area contributed by atoms with Crippen LogP contribution in [0.15, 0.2) is 0 Å². The van der Waals surface area contributed by atoms with Crippen LogP contribution in [0.3, 0.4) is 0 Å². The van der Waals surface area contributed by atoms with Gasteiger partial charge in [0.2, 0.25) is 0 Å². The van der Waals surface area contributed by atoms with Crippen molar-refractivity contribution in [2.75, 3.05) is 53.6 Å². The molecule has 2 unspecified atom stereocenters. The fourth-order valence-corrected chi connectivity index (χ4v) is 2.30. The van der Waals surface area contributed by atoms with E-state index in [1.807, 2.05) is 0 Å². The lowest BCUT2D eigenvalue weighted by atomic mass is 10.0. The quantitative estimate of drug-likeness (QED) is 0.575. The Balaban J connectivity index is 2.04. The summed E-state index contributed by atoms with van der Waals surface area (Å²) in [5.41, 5.74) is 0. The highest BCUT2D eigenvalue weighted by atomic mass is 16.5. The van der Waals surface area contributed by atoms with Gasteiger partial charge in [0.05, 0.1) is 25.9 Å². The van der Waals surface area contributed by atoms with Gasteiger partial charge in [0.15, 0.2) is 0 Å². The SMILES string of the molecule is COCCOCC(O)CN(C)CC1CCCCN1. The Morgan fingerprint density at radius 3 is 2.89 bits per heavy atom. The van der Waals surface area contributed by atoms with Gasteiger partial charge in [-0.25, -0.2) is 0 Å². The van der Waals surface area contributed by atoms with Crippen molar-refractivity contribution >= 4 is 0 Å². The zero-order chi connectivity index (χ0) is 13.2. The molecule has 2 N–H and O–H groups in total. The molecule has 1 fully saturated rings. The molecular weight excluding hydrogens is 232 g/mol. The van der Waals surface area contributed by atoms with Crippen LogP contribution >= 0.6 is 0 Å². The lowest BCUT2D eigenvalue weighted by Crippen LogP contribution is -2.44. The summed E-state index contributed by atoms with van der Waals surface area (Å²) in [6.07, 6.45) is 3.42. The van der Waals surface area contributed by atoms with Crippen molar-refractivity contribution in [2.24, 2.45) is 0 Å². The minimum Gasteiger partial charge on any atom is -0.389 e. The summed E-state index contributed by atoms with van der Waals surface area (Å²) < 4.78 is 10.2. The van der Waals surface area contributed by atoms with Crippen molar-refractivity contribution in [1.29, 1.82) is 0 Å². The summed E-state index contributed by atoms with van der Waals surface area (Å²) >= 11 is 0. The van der Waals surface area contributed by atoms with E-state index in [9.17, 15) is 5.11 Å². The number of hydrogen-bond donors (Lipinski definition) is 2. The molecule has 1 heterocycles. The number of nitrogens with zero attached hydrogens (tertiary/aromatic N) is 1. The van der Waals surface area contributed by atoms with Gasteiger partial charge in [-0.1, -0.05) is 6.42 Å². The molecule has 2 atom stereocenters. The van der Waals surface area contributed by atoms with E-state index in [0.717, 1.165) is 13.1 Å². The normalized spacial score (nSPS) is 22.3. The standard InChI is InChI=1S/C13H28N2O3/c1-15(9-12-5-3-4-6-14-12)10-13(16)11-18-8-7-17-2/h12-14,16H,3-11H2,1-2H3. The summed E-state index contributed by atoms with van der Waals surface area (Å²) in [6.45, 7) is 4.28. The smallest absolute Gasteiger partial charge is 0.0900 e. The molecule has 0 bridgehead atoms. The third-order valence-corrected chi connectivity index (χ3v) is 3.21. The third kappa shape index (κ3) is 7.28. The van der Waals surface area contributed by atoms with E-state index >= 15 is 0 Å². The van der Waals surface area contributed by atoms with Crippen molar-refractivity contribution in [3.63, 3.8) is 0 Å². The predicted octanol–water partition coefficient (Wildman–Crippen LogP) is 0.0842. The maximum absolute atomic E-state index is 9.82. The Labute approximate surface area is 110 Å². The maximum atomic E-state index is 9.82. The summed E-state index contributed by atoms with van der Waals surface area (Å²) in [5.74, 6) is 0. The molecule has 1 aliphatic heterocycles. The number of likely N-dealkylation sites (N-methyl/N-ethyl adjacent to an activating group) is 1. The highest BCUT2D eigenvalue weighted by Gasteiger charge is 2.16. The third-order valence-electron chi connectivity index (χ3n) is 3.21. The minimum absolute atomic E-state index is 0.381. The molecule has 1 aliphatic rings. The molecule has 0 aromatic rings. The molecule has 0 saturated carbocycles. The number of aliphatic hydroxyl groups excluding tert-OH is 1. The van der Waals surface area contributed by atoms with E-state index in [2.05, 4.69) is 17.3 Å². The minimum atomic E-state index is -0.421. The van der Waals surface area contributed by atoms with Crippen LogP contribution in [-0.4, -0.2) is 75.8 Å². The lowest BCUT2D eigenvalue weighted by Gasteiger charge is -2.29. The van der Waals surface area contributed by atoms with E-state index in [4.69, 9.17) is 9.47 Å². The van der Waals surface area contributed by atoms with Crippen LogP contribution in [-0.2, 0) is 9.47 Å². The Hall–Kier alpha value is -0.200. The molecule has 1 rings (SSSR count). The molecule has 108 valence electrons. The monoisotopic (exact) mass is 260 g/mol. The number of piperidine rings is 1. The molecule has 0 radical (unpaired) electrons. The van der Waals surface area contributed by atoms with Gasteiger partial charge in [-0.3, -0.25) is 0 Å². The van der Waals surface area contributed by atoms with Gasteiger partial charge in [-0.05, 0) is 26.4 Å². The van der Waals surface area contributed by atoms with Crippen LogP contribution in [0.1, 0.15) is 19.3 Å². The van der Waals surface area contributed by atoms with Crippen molar-refractivity contribution in [2.45, 2.75) is 31.4 Å². The van der Waals surface area contributed by atoms with E-state index in [0.29, 0.717) is 32.4 Å². The Morgan fingerprint density at radius 2 is 2.22 bits per heavy atom. The second-order valence-corrected chi connectivity index (χ2v) is 5.09. The first kappa shape index (κ1) is 15.9. The fraction of sp³-hybridized carbons (Fsp3) is 1.00. The second-order valence-electron chi connectivity index (χ2n) is 5.09. The molecule has 5 nitrogen and oxygen atoms in total. The first-order valence-electron chi connectivity index (χ1n) is 6.89. The Kier molecular flexibility index (Phi) is 8.54. The molecule has 0 aromatic carbocycles. The zero-order valence-corrected chi connectivity index (χ0v) is 11.7. The number of hydrogen-bond acceptors (Lipinski definition) is 5. The van der Waals surface area contributed by atoms with Crippen LogP contribution in [0.5, 0.6) is 0 Å². The van der Waals surface area contributed by atoms with E-state index in [1.54, 1.807) is 7.11 Å². The second kappa shape index (κ2) is 9.69. The van der Waals surface area contributed by atoms with Crippen molar-refractivity contribution in [3.8, 4) is 0 Å². The number of rotatable bonds is 9. The average molecular weight is 260 g/mol. The first-order valence-corrected chi connectivity index (χ1v) is 6.89. The van der Waals surface area contributed by atoms with Gasteiger partial charge >= 0.3 is 0 Å². The van der Waals surface area contributed by atoms with E-state index < -0.39 is 6.10 Å². The molecule has 1 saturated heterocycles. The first-order chi connectivity index (χ1) is 8.72. The fourth-order valence-electron chi connectivity index (χ4n) is 2.30. The van der Waals surface area contributed by atoms with Gasteiger partial charge < -0.3 is 24.8 Å². The molecule has 0 aromatic heterocycles. The van der Waals surface area contributed by atoms with Crippen molar-refractivity contribution in [3.05, 3.63) is 0 Å². The Bertz CT molecular complexity index is 199. The topological polar surface area (TPSA) is 54.0 Å². The molecule has 0 aliphatic carbocycles. The number of aliphatic hydroxyl groups is 1. The van der Waals surface area contributed by atoms with Crippen LogP contribution in [0.2, 0.25) is 0 Å². The molecule has 0 amide bonds. The van der Waals surface area contributed by atoms with Gasteiger partial charge in [0.25, 0.3) is 0 Å². The van der Waals surface area contributed by atoms with Crippen LogP contribution in [0, 0.1) is 0 Å². The summed E-state index contributed by atoms with van der Waals surface area (Å²) in [5, 5.41) is 13.3. The highest BCUT2D eigenvalue weighted by Crippen LogP contribution is 2.08. The molecule has 0 spiro atoms. The summed E-state index contributed by atoms with van der Waals surface area (Å²) in [7, 11) is 3.69. The predicted molar refractivity (Wildman–Crippen MR) is 71.8 cm³/mol. The van der Waals surface area contributed by atoms with Crippen LogP contribution in [0.4, 0.5) is 0 Å². The lowest BCUT2D eigenvalue weighted by molar-refractivity contribution is 0.00135. The van der Waals surface area contributed by atoms with Crippen molar-refractivity contribution < 1.29 is 14.6 Å².